The topological polar surface area (TPSA) is 52.6 Å². The van der Waals surface area contributed by atoms with Crippen molar-refractivity contribution < 1.29 is 19.1 Å². The van der Waals surface area contributed by atoms with E-state index in [-0.39, 0.29) is 47.8 Å². The van der Waals surface area contributed by atoms with Gasteiger partial charge in [0.2, 0.25) is 0 Å². The number of rotatable bonds is 8. The third-order valence-corrected chi connectivity index (χ3v) is 4.10. The van der Waals surface area contributed by atoms with Crippen molar-refractivity contribution in [3.05, 3.63) is 0 Å². The molecular formula is C23H48O4. The van der Waals surface area contributed by atoms with E-state index < -0.39 is 5.41 Å². The summed E-state index contributed by atoms with van der Waals surface area (Å²) in [6.07, 6.45) is -0.452. The predicted molar refractivity (Wildman–Crippen MR) is 116 cm³/mol. The number of carbonyl (C=O) groups excluding carboxylic acids is 2. The molecule has 0 N–H and O–H groups in total. The van der Waals surface area contributed by atoms with Gasteiger partial charge >= 0.3 is 0 Å². The van der Waals surface area contributed by atoms with Crippen LogP contribution >= 0.6 is 0 Å². The molecule has 0 bridgehead atoms. The molecule has 0 aromatic heterocycles. The summed E-state index contributed by atoms with van der Waals surface area (Å²) < 4.78 is 11.5. The van der Waals surface area contributed by atoms with Gasteiger partial charge in [-0.05, 0) is 34.6 Å². The van der Waals surface area contributed by atoms with Crippen LogP contribution in [0.25, 0.3) is 0 Å². The van der Waals surface area contributed by atoms with E-state index in [2.05, 4.69) is 0 Å². The van der Waals surface area contributed by atoms with Gasteiger partial charge in [0.15, 0.2) is 5.78 Å². The molecule has 0 saturated heterocycles. The van der Waals surface area contributed by atoms with Gasteiger partial charge in [-0.25, -0.2) is 0 Å². The molecule has 0 amide bonds. The van der Waals surface area contributed by atoms with E-state index in [0.717, 1.165) is 0 Å². The molecule has 4 nitrogen and oxygen atoms in total. The summed E-state index contributed by atoms with van der Waals surface area (Å²) in [5, 5.41) is 0. The quantitative estimate of drug-likeness (QED) is 0.504. The van der Waals surface area contributed by atoms with Crippen molar-refractivity contribution >= 4 is 11.6 Å². The zero-order chi connectivity index (χ0) is 22.6. The van der Waals surface area contributed by atoms with Crippen LogP contribution < -0.4 is 0 Å². The van der Waals surface area contributed by atoms with Gasteiger partial charge in [-0.15, -0.1) is 0 Å². The fraction of sp³-hybridized carbons (Fsp3) is 0.913. The first-order valence-electron chi connectivity index (χ1n) is 10.5. The van der Waals surface area contributed by atoms with Crippen LogP contribution in [0.4, 0.5) is 0 Å². The van der Waals surface area contributed by atoms with E-state index in [1.165, 1.54) is 0 Å². The Morgan fingerprint density at radius 2 is 1.15 bits per heavy atom. The van der Waals surface area contributed by atoms with E-state index in [9.17, 15) is 9.59 Å². The molecule has 0 rings (SSSR count). The van der Waals surface area contributed by atoms with Crippen molar-refractivity contribution in [1.82, 2.24) is 0 Å². The molecule has 0 spiro atoms. The second kappa shape index (κ2) is 14.3. The largest absolute Gasteiger partial charge is 0.372 e. The predicted octanol–water partition coefficient (Wildman–Crippen LogP) is 6.10. The molecule has 0 aromatic rings. The van der Waals surface area contributed by atoms with Crippen molar-refractivity contribution in [2.24, 2.45) is 17.3 Å². The van der Waals surface area contributed by atoms with Gasteiger partial charge in [0, 0.05) is 17.3 Å². The molecular weight excluding hydrogens is 340 g/mol. The molecule has 4 atom stereocenters. The Balaban J connectivity index is -0.00000134. The Hall–Kier alpha value is -0.740. The summed E-state index contributed by atoms with van der Waals surface area (Å²) in [5.74, 6) is -0.324. The fourth-order valence-corrected chi connectivity index (χ4v) is 2.31. The van der Waals surface area contributed by atoms with E-state index in [1.54, 1.807) is 0 Å². The average Bonchev–Trinajstić information content (AvgIpc) is 2.58. The Labute approximate surface area is 169 Å². The molecule has 2 unspecified atom stereocenters. The van der Waals surface area contributed by atoms with Crippen LogP contribution in [0.2, 0.25) is 0 Å². The molecule has 27 heavy (non-hydrogen) atoms. The van der Waals surface area contributed by atoms with Crippen LogP contribution in [-0.4, -0.2) is 36.0 Å². The second-order valence-electron chi connectivity index (χ2n) is 8.61. The minimum Gasteiger partial charge on any atom is -0.372 e. The third kappa shape index (κ3) is 14.0. The molecule has 0 aromatic carbocycles. The van der Waals surface area contributed by atoms with Crippen LogP contribution in [0.3, 0.4) is 0 Å². The summed E-state index contributed by atoms with van der Waals surface area (Å²) in [6, 6.07) is 0. The maximum absolute atomic E-state index is 12.3. The van der Waals surface area contributed by atoms with E-state index >= 15 is 0 Å². The van der Waals surface area contributed by atoms with Crippen LogP contribution in [0.1, 0.15) is 96.9 Å². The first kappa shape index (κ1) is 31.0. The van der Waals surface area contributed by atoms with Crippen molar-refractivity contribution in [1.29, 1.82) is 0 Å². The highest BCUT2D eigenvalue weighted by molar-refractivity contribution is 5.86. The molecule has 0 heterocycles. The summed E-state index contributed by atoms with van der Waals surface area (Å²) >= 11 is 0. The number of Topliss-reactive ketones (excluding diaryl/α,β-unsaturated/α-hetero) is 2. The summed E-state index contributed by atoms with van der Waals surface area (Å²) in [5.41, 5.74) is -0.681. The van der Waals surface area contributed by atoms with Crippen LogP contribution in [0, 0.1) is 17.3 Å². The van der Waals surface area contributed by atoms with E-state index in [1.807, 2.05) is 96.9 Å². The summed E-state index contributed by atoms with van der Waals surface area (Å²) in [7, 11) is 0. The molecule has 0 aliphatic heterocycles. The van der Waals surface area contributed by atoms with Crippen LogP contribution in [0.15, 0.2) is 0 Å². The monoisotopic (exact) mass is 388 g/mol. The van der Waals surface area contributed by atoms with Gasteiger partial charge in [-0.3, -0.25) is 9.59 Å². The lowest BCUT2D eigenvalue weighted by atomic mass is 9.82. The highest BCUT2D eigenvalue weighted by Crippen LogP contribution is 2.23. The number of ether oxygens (including phenoxy) is 2. The highest BCUT2D eigenvalue weighted by atomic mass is 16.5. The van der Waals surface area contributed by atoms with Gasteiger partial charge in [0.25, 0.3) is 0 Å². The molecule has 164 valence electrons. The Morgan fingerprint density at radius 3 is 1.48 bits per heavy atom. The zero-order valence-corrected chi connectivity index (χ0v) is 20.6. The maximum Gasteiger partial charge on any atom is 0.163 e. The first-order chi connectivity index (χ1) is 12.2. The minimum atomic E-state index is -0.399. The lowest BCUT2D eigenvalue weighted by Crippen LogP contribution is -2.37. The van der Waals surface area contributed by atoms with E-state index in [4.69, 9.17) is 9.47 Å². The minimum absolute atomic E-state index is 0.00371. The molecule has 4 heteroatoms. The number of hydrogen-bond acceptors (Lipinski definition) is 4. The zero-order valence-electron chi connectivity index (χ0n) is 20.6. The second-order valence-corrected chi connectivity index (χ2v) is 8.61. The third-order valence-electron chi connectivity index (χ3n) is 4.10. The molecule has 0 radical (unpaired) electrons. The van der Waals surface area contributed by atoms with Gasteiger partial charge in [0.1, 0.15) is 12.4 Å². The lowest BCUT2D eigenvalue weighted by Gasteiger charge is -2.29. The van der Waals surface area contributed by atoms with Crippen molar-refractivity contribution in [2.45, 2.75) is 115 Å². The van der Waals surface area contributed by atoms with Crippen LogP contribution in [-0.2, 0) is 19.1 Å². The van der Waals surface area contributed by atoms with Gasteiger partial charge in [-0.1, -0.05) is 62.3 Å². The fourth-order valence-electron chi connectivity index (χ4n) is 2.31. The molecule has 0 saturated carbocycles. The number of hydrogen-bond donors (Lipinski definition) is 0. The van der Waals surface area contributed by atoms with Crippen LogP contribution in [0.5, 0.6) is 0 Å². The number of ketones is 2. The lowest BCUT2D eigenvalue weighted by molar-refractivity contribution is -0.143. The SMILES string of the molecule is CC.CC.CC(OC(C)(C)C)C(C)C(=O)CO[C@@H](C)[C@@H](C)C(=O)C(C)(C)C. The Bertz CT molecular complexity index is 402. The Morgan fingerprint density at radius 1 is 0.741 bits per heavy atom. The Kier molecular flexibility index (Phi) is 16.4. The maximum atomic E-state index is 12.3. The van der Waals surface area contributed by atoms with Crippen molar-refractivity contribution in [2.75, 3.05) is 6.61 Å². The molecule has 0 aliphatic carbocycles. The van der Waals surface area contributed by atoms with Gasteiger partial charge in [-0.2, -0.15) is 0 Å². The van der Waals surface area contributed by atoms with Gasteiger partial charge in [0.05, 0.1) is 17.8 Å². The highest BCUT2D eigenvalue weighted by Gasteiger charge is 2.31. The smallest absolute Gasteiger partial charge is 0.163 e. The molecule has 0 fully saturated rings. The normalized spacial score (nSPS) is 15.9. The standard InChI is InChI=1S/C19H36O4.2C2H6/c1-12(15(4)23-19(8,9)10)16(20)11-22-14(3)13(2)17(21)18(5,6)7;2*1-2/h12-15H,11H2,1-10H3;2*1-2H3/t12?,13-,14+,15?;;/m1../s1. The average molecular weight is 389 g/mol. The first-order valence-corrected chi connectivity index (χ1v) is 10.5. The number of carbonyl (C=O) groups is 2. The summed E-state index contributed by atoms with van der Waals surface area (Å²) in [6.45, 7) is 27.1. The van der Waals surface area contributed by atoms with Gasteiger partial charge < -0.3 is 9.47 Å². The van der Waals surface area contributed by atoms with Crippen molar-refractivity contribution in [3.8, 4) is 0 Å². The van der Waals surface area contributed by atoms with E-state index in [0.29, 0.717) is 0 Å². The summed E-state index contributed by atoms with van der Waals surface area (Å²) in [4.78, 5) is 24.5. The molecule has 0 aliphatic rings. The van der Waals surface area contributed by atoms with Crippen molar-refractivity contribution in [3.63, 3.8) is 0 Å².